The number of fused-ring (bicyclic) bond motifs is 2. The molecule has 0 radical (unpaired) electrons. The zero-order chi connectivity index (χ0) is 20.2. The third-order valence-electron chi connectivity index (χ3n) is 6.56. The van der Waals surface area contributed by atoms with Crippen molar-refractivity contribution in [3.05, 3.63) is 70.5 Å². The third-order valence-corrected chi connectivity index (χ3v) is 6.56. The van der Waals surface area contributed by atoms with Crippen molar-refractivity contribution in [3.8, 4) is 0 Å². The Labute approximate surface area is 164 Å². The predicted octanol–water partition coefficient (Wildman–Crippen LogP) is 3.42. The van der Waals surface area contributed by atoms with Gasteiger partial charge in [-0.3, -0.25) is 4.79 Å². The molecule has 4 rings (SSSR count). The minimum Gasteiger partial charge on any atom is -0.457 e. The second kappa shape index (κ2) is 6.45. The summed E-state index contributed by atoms with van der Waals surface area (Å²) in [6.45, 7) is 7.17. The topological polar surface area (TPSA) is 72.8 Å². The normalized spacial score (nSPS) is 34.1. The number of hydrogen-bond donors (Lipinski definition) is 1. The number of aliphatic hydroxyl groups is 1. The molecule has 0 aromatic heterocycles. The minimum atomic E-state index is -0.695. The molecule has 5 nitrogen and oxygen atoms in total. The molecule has 0 saturated carbocycles. The number of aliphatic hydroxyl groups excluding tert-OH is 1. The molecule has 0 amide bonds. The fourth-order valence-corrected chi connectivity index (χ4v) is 4.90. The second-order valence-electron chi connectivity index (χ2n) is 8.05. The van der Waals surface area contributed by atoms with Crippen molar-refractivity contribution in [2.75, 3.05) is 0 Å². The number of allylic oxidation sites excluding steroid dienone is 1. The average molecular weight is 380 g/mol. The summed E-state index contributed by atoms with van der Waals surface area (Å²) in [4.78, 5) is 24.2. The Hall–Kier alpha value is -2.66. The lowest BCUT2D eigenvalue weighted by molar-refractivity contribution is -0.151. The van der Waals surface area contributed by atoms with Gasteiger partial charge in [0.05, 0.1) is 6.10 Å². The summed E-state index contributed by atoms with van der Waals surface area (Å²) in [7, 11) is 0. The Morgan fingerprint density at radius 2 is 1.93 bits per heavy atom. The summed E-state index contributed by atoms with van der Waals surface area (Å²) < 4.78 is 11.2. The van der Waals surface area contributed by atoms with Crippen molar-refractivity contribution < 1.29 is 24.2 Å². The summed E-state index contributed by atoms with van der Waals surface area (Å²) in [6.07, 6.45) is 2.26. The number of carbonyl (C=O) groups excluding carboxylic acids is 2. The van der Waals surface area contributed by atoms with Crippen molar-refractivity contribution in [1.29, 1.82) is 0 Å². The van der Waals surface area contributed by atoms with E-state index in [-0.39, 0.29) is 11.8 Å². The van der Waals surface area contributed by atoms with Crippen molar-refractivity contribution >= 4 is 11.9 Å². The van der Waals surface area contributed by atoms with Gasteiger partial charge >= 0.3 is 11.9 Å². The van der Waals surface area contributed by atoms with Crippen LogP contribution in [-0.2, 0) is 19.1 Å². The van der Waals surface area contributed by atoms with Crippen LogP contribution in [0.1, 0.15) is 39.2 Å². The molecule has 2 aliphatic carbocycles. The van der Waals surface area contributed by atoms with E-state index >= 15 is 0 Å². The molecule has 1 aliphatic heterocycles. The van der Waals surface area contributed by atoms with E-state index in [2.05, 4.69) is 6.92 Å². The van der Waals surface area contributed by atoms with Crippen LogP contribution >= 0.6 is 0 Å². The lowest BCUT2D eigenvalue weighted by atomic mass is 9.55. The third kappa shape index (κ3) is 2.57. The van der Waals surface area contributed by atoms with Crippen molar-refractivity contribution in [2.45, 2.75) is 45.8 Å². The Balaban J connectivity index is 1.91. The van der Waals surface area contributed by atoms with E-state index in [4.69, 9.17) is 9.47 Å². The molecular formula is C23H24O5. The van der Waals surface area contributed by atoms with Crippen LogP contribution in [0, 0.1) is 11.3 Å². The van der Waals surface area contributed by atoms with Crippen LogP contribution < -0.4 is 0 Å². The molecule has 1 aromatic rings. The first kappa shape index (κ1) is 18.7. The molecule has 1 unspecified atom stereocenters. The van der Waals surface area contributed by atoms with E-state index < -0.39 is 29.6 Å². The number of rotatable bonds is 2. The fraction of sp³-hybridized carbons (Fsp3) is 0.391. The number of hydrogen-bond acceptors (Lipinski definition) is 5. The maximum Gasteiger partial charge on any atom is 0.339 e. The summed E-state index contributed by atoms with van der Waals surface area (Å²) in [5.41, 5.74) is 2.34. The first-order chi connectivity index (χ1) is 13.2. The number of esters is 2. The molecule has 28 heavy (non-hydrogen) atoms. The molecule has 5 heteroatoms. The smallest absolute Gasteiger partial charge is 0.339 e. The van der Waals surface area contributed by atoms with Gasteiger partial charge in [-0.15, -0.1) is 0 Å². The molecule has 1 heterocycles. The highest BCUT2D eigenvalue weighted by Crippen LogP contribution is 2.58. The predicted molar refractivity (Wildman–Crippen MR) is 103 cm³/mol. The zero-order valence-corrected chi connectivity index (χ0v) is 16.4. The maximum atomic E-state index is 12.2. The maximum absolute atomic E-state index is 12.2. The zero-order valence-electron chi connectivity index (χ0n) is 16.4. The van der Waals surface area contributed by atoms with E-state index in [0.717, 1.165) is 11.1 Å². The van der Waals surface area contributed by atoms with Gasteiger partial charge in [0.1, 0.15) is 11.9 Å². The lowest BCUT2D eigenvalue weighted by Gasteiger charge is -2.51. The van der Waals surface area contributed by atoms with E-state index in [9.17, 15) is 14.7 Å². The van der Waals surface area contributed by atoms with Crippen LogP contribution in [0.4, 0.5) is 0 Å². The first-order valence-corrected chi connectivity index (χ1v) is 9.52. The fourth-order valence-electron chi connectivity index (χ4n) is 4.90. The highest BCUT2D eigenvalue weighted by atomic mass is 16.6. The summed E-state index contributed by atoms with van der Waals surface area (Å²) >= 11 is 0. The summed E-state index contributed by atoms with van der Waals surface area (Å²) in [5, 5.41) is 10.9. The standard InChI is InChI=1S/C23H24O5/c1-12-19-18(28-22(12)26)11-16-10-17(25)20(15-8-6-5-7-9-15)13(2)23(16,4)21(19)27-14(3)24/h5-11,13,17,20-21,25H,1-4H3/t13-,17+,20-,21?,23-/m1/s1. The van der Waals surface area contributed by atoms with Crippen molar-refractivity contribution in [3.63, 3.8) is 0 Å². The summed E-state index contributed by atoms with van der Waals surface area (Å²) in [6, 6.07) is 9.86. The van der Waals surface area contributed by atoms with Gasteiger partial charge in [0.25, 0.3) is 0 Å². The molecule has 0 fully saturated rings. The second-order valence-corrected chi connectivity index (χ2v) is 8.05. The number of carbonyl (C=O) groups is 2. The molecule has 0 bridgehead atoms. The first-order valence-electron chi connectivity index (χ1n) is 9.52. The van der Waals surface area contributed by atoms with Crippen molar-refractivity contribution in [1.82, 2.24) is 0 Å². The Kier molecular flexibility index (Phi) is 4.31. The molecule has 0 spiro atoms. The summed E-state index contributed by atoms with van der Waals surface area (Å²) in [5.74, 6) is -0.657. The van der Waals surface area contributed by atoms with Crippen LogP contribution in [-0.4, -0.2) is 29.3 Å². The Morgan fingerprint density at radius 3 is 2.57 bits per heavy atom. The van der Waals surface area contributed by atoms with Gasteiger partial charge in [0.15, 0.2) is 0 Å². The average Bonchev–Trinajstić information content (AvgIpc) is 2.92. The van der Waals surface area contributed by atoms with Gasteiger partial charge < -0.3 is 14.6 Å². The molecule has 3 aliphatic rings. The van der Waals surface area contributed by atoms with Crippen LogP contribution in [0.15, 0.2) is 65.0 Å². The van der Waals surface area contributed by atoms with Gasteiger partial charge in [0.2, 0.25) is 0 Å². The van der Waals surface area contributed by atoms with E-state index in [1.165, 1.54) is 6.92 Å². The molecule has 146 valence electrons. The van der Waals surface area contributed by atoms with Crippen LogP contribution in [0.2, 0.25) is 0 Å². The monoisotopic (exact) mass is 380 g/mol. The van der Waals surface area contributed by atoms with Crippen LogP contribution in [0.5, 0.6) is 0 Å². The quantitative estimate of drug-likeness (QED) is 0.796. The number of ether oxygens (including phenoxy) is 2. The molecular weight excluding hydrogens is 356 g/mol. The molecule has 1 N–H and O–H groups in total. The van der Waals surface area contributed by atoms with Gasteiger partial charge in [-0.2, -0.15) is 0 Å². The van der Waals surface area contributed by atoms with Gasteiger partial charge in [-0.05, 0) is 30.1 Å². The highest BCUT2D eigenvalue weighted by molar-refractivity contribution is 5.95. The Bertz CT molecular complexity index is 939. The largest absolute Gasteiger partial charge is 0.457 e. The number of benzene rings is 1. The minimum absolute atomic E-state index is 0.0666. The SMILES string of the molecule is CC(=O)OC1C2=C(C)C(=O)OC2=CC2=C[C@H](O)[C@@H](c3ccccc3)[C@@H](C)[C@]21C. The van der Waals surface area contributed by atoms with Gasteiger partial charge in [0, 0.05) is 29.4 Å². The lowest BCUT2D eigenvalue weighted by Crippen LogP contribution is -2.51. The molecule has 5 atom stereocenters. The molecule has 0 saturated heterocycles. The van der Waals surface area contributed by atoms with Gasteiger partial charge in [-0.25, -0.2) is 4.79 Å². The van der Waals surface area contributed by atoms with E-state index in [0.29, 0.717) is 16.9 Å². The Morgan fingerprint density at radius 1 is 1.25 bits per heavy atom. The van der Waals surface area contributed by atoms with E-state index in [1.54, 1.807) is 13.0 Å². The van der Waals surface area contributed by atoms with Gasteiger partial charge in [-0.1, -0.05) is 50.3 Å². The van der Waals surface area contributed by atoms with Crippen molar-refractivity contribution in [2.24, 2.45) is 11.3 Å². The van der Waals surface area contributed by atoms with E-state index in [1.807, 2.05) is 43.3 Å². The molecule has 1 aromatic carbocycles. The van der Waals surface area contributed by atoms with Crippen LogP contribution in [0.3, 0.4) is 0 Å². The highest BCUT2D eigenvalue weighted by Gasteiger charge is 2.56. The van der Waals surface area contributed by atoms with Crippen LogP contribution in [0.25, 0.3) is 0 Å².